The fraction of sp³-hybridized carbons (Fsp3) is 0.667. The molecule has 0 bridgehead atoms. The molecule has 6 heteroatoms. The molecule has 0 radical (unpaired) electrons. The predicted octanol–water partition coefficient (Wildman–Crippen LogP) is 1.07. The lowest BCUT2D eigenvalue weighted by molar-refractivity contribution is -0.138. The second kappa shape index (κ2) is 4.04. The topological polar surface area (TPSA) is 74.6 Å². The van der Waals surface area contributed by atoms with Crippen molar-refractivity contribution in [2.45, 2.75) is 23.3 Å². The van der Waals surface area contributed by atoms with Crippen molar-refractivity contribution in [1.82, 2.24) is 0 Å². The summed E-state index contributed by atoms with van der Waals surface area (Å²) in [4.78, 5) is 20.9. The van der Waals surface area contributed by atoms with Crippen LogP contribution in [0.25, 0.3) is 0 Å². The van der Waals surface area contributed by atoms with Gasteiger partial charge in [-0.2, -0.15) is 0 Å². The third-order valence-electron chi connectivity index (χ3n) is 1.53. The van der Waals surface area contributed by atoms with Gasteiger partial charge in [0.15, 0.2) is 0 Å². The summed E-state index contributed by atoms with van der Waals surface area (Å²) < 4.78 is 0. The van der Waals surface area contributed by atoms with E-state index in [0.717, 1.165) is 21.6 Å². The van der Waals surface area contributed by atoms with Gasteiger partial charge in [0, 0.05) is 0 Å². The Balaban J connectivity index is 2.39. The fourth-order valence-corrected chi connectivity index (χ4v) is 3.64. The minimum absolute atomic E-state index is 0.439. The molecule has 2 N–H and O–H groups in total. The Labute approximate surface area is 77.1 Å². The van der Waals surface area contributed by atoms with Crippen molar-refractivity contribution in [3.63, 3.8) is 0 Å². The van der Waals surface area contributed by atoms with Gasteiger partial charge < -0.3 is 10.2 Å². The van der Waals surface area contributed by atoms with Crippen LogP contribution in [0.2, 0.25) is 0 Å². The molecule has 0 aromatic heterocycles. The summed E-state index contributed by atoms with van der Waals surface area (Å²) in [5.41, 5.74) is 0. The van der Waals surface area contributed by atoms with Gasteiger partial charge in [0.05, 0.1) is 0 Å². The van der Waals surface area contributed by atoms with Crippen LogP contribution in [0.3, 0.4) is 0 Å². The predicted molar refractivity (Wildman–Crippen MR) is 47.3 cm³/mol. The number of aliphatic carboxylic acids is 2. The van der Waals surface area contributed by atoms with Crippen LogP contribution in [0, 0.1) is 0 Å². The highest BCUT2D eigenvalue weighted by atomic mass is 33.1. The zero-order valence-electron chi connectivity index (χ0n) is 6.10. The van der Waals surface area contributed by atoms with Gasteiger partial charge >= 0.3 is 11.9 Å². The Morgan fingerprint density at radius 2 is 1.33 bits per heavy atom. The summed E-state index contributed by atoms with van der Waals surface area (Å²) in [6.45, 7) is 0. The second-order valence-corrected chi connectivity index (χ2v) is 5.10. The standard InChI is InChI=1S/C6H8O4S2/c7-5(8)3-1-2-4(6(9)10)12-11-3/h3-4H,1-2H2,(H,7,8)(H,9,10)/t3-,4-/m1/s1. The Kier molecular flexibility index (Phi) is 3.28. The summed E-state index contributed by atoms with van der Waals surface area (Å²) in [6, 6.07) is 0. The summed E-state index contributed by atoms with van der Waals surface area (Å²) in [5.74, 6) is -1.70. The van der Waals surface area contributed by atoms with Crippen LogP contribution < -0.4 is 0 Å². The van der Waals surface area contributed by atoms with Crippen LogP contribution >= 0.6 is 21.6 Å². The van der Waals surface area contributed by atoms with Gasteiger partial charge in [0.25, 0.3) is 0 Å². The van der Waals surface area contributed by atoms with Crippen LogP contribution in [0.5, 0.6) is 0 Å². The van der Waals surface area contributed by atoms with Crippen molar-refractivity contribution < 1.29 is 19.8 Å². The molecule has 0 aliphatic carbocycles. The van der Waals surface area contributed by atoms with Crippen molar-refractivity contribution in [3.05, 3.63) is 0 Å². The molecule has 1 fully saturated rings. The zero-order chi connectivity index (χ0) is 9.14. The third kappa shape index (κ3) is 2.31. The number of carboxylic acid groups (broad SMARTS) is 2. The van der Waals surface area contributed by atoms with Gasteiger partial charge in [-0.25, -0.2) is 0 Å². The minimum atomic E-state index is -0.851. The molecule has 1 rings (SSSR count). The SMILES string of the molecule is O=C(O)[C@H]1CC[C@H](C(=O)O)SS1. The van der Waals surface area contributed by atoms with Gasteiger partial charge in [-0.15, -0.1) is 0 Å². The van der Waals surface area contributed by atoms with Gasteiger partial charge in [-0.1, -0.05) is 21.6 Å². The van der Waals surface area contributed by atoms with E-state index < -0.39 is 22.4 Å². The maximum Gasteiger partial charge on any atom is 0.317 e. The zero-order valence-corrected chi connectivity index (χ0v) is 7.73. The maximum atomic E-state index is 10.4. The Bertz CT molecular complexity index is 176. The average Bonchev–Trinajstić information content (AvgIpc) is 2.04. The van der Waals surface area contributed by atoms with Crippen molar-refractivity contribution in [2.24, 2.45) is 0 Å². The number of carbonyl (C=O) groups is 2. The highest BCUT2D eigenvalue weighted by molar-refractivity contribution is 8.77. The molecule has 1 aliphatic rings. The summed E-state index contributed by atoms with van der Waals surface area (Å²) in [6.07, 6.45) is 0.897. The lowest BCUT2D eigenvalue weighted by Crippen LogP contribution is -2.25. The van der Waals surface area contributed by atoms with E-state index in [1.165, 1.54) is 0 Å². The monoisotopic (exact) mass is 208 g/mol. The first kappa shape index (κ1) is 9.73. The highest BCUT2D eigenvalue weighted by Crippen LogP contribution is 2.40. The van der Waals surface area contributed by atoms with Gasteiger partial charge in [-0.3, -0.25) is 9.59 Å². The van der Waals surface area contributed by atoms with Crippen LogP contribution in [0.4, 0.5) is 0 Å². The third-order valence-corrected chi connectivity index (χ3v) is 4.71. The van der Waals surface area contributed by atoms with E-state index in [2.05, 4.69) is 0 Å². The van der Waals surface area contributed by atoms with Gasteiger partial charge in [0.1, 0.15) is 10.5 Å². The van der Waals surface area contributed by atoms with Gasteiger partial charge in [0.2, 0.25) is 0 Å². The summed E-state index contributed by atoms with van der Waals surface area (Å²) in [5, 5.41) is 16.3. The Hall–Kier alpha value is -0.360. The molecule has 0 amide bonds. The fourth-order valence-electron chi connectivity index (χ4n) is 0.862. The lowest BCUT2D eigenvalue weighted by atomic mass is 10.2. The number of rotatable bonds is 2. The van der Waals surface area contributed by atoms with E-state index in [9.17, 15) is 9.59 Å². The molecular weight excluding hydrogens is 200 g/mol. The number of hydrogen-bond acceptors (Lipinski definition) is 4. The molecule has 0 aromatic carbocycles. The largest absolute Gasteiger partial charge is 0.480 e. The molecule has 0 saturated carbocycles. The first-order valence-electron chi connectivity index (χ1n) is 3.39. The number of carboxylic acids is 2. The van der Waals surface area contributed by atoms with E-state index in [1.54, 1.807) is 0 Å². The molecule has 0 spiro atoms. The molecule has 12 heavy (non-hydrogen) atoms. The first-order valence-corrected chi connectivity index (χ1v) is 5.66. The molecule has 0 unspecified atom stereocenters. The molecule has 0 aromatic rings. The summed E-state index contributed by atoms with van der Waals surface area (Å²) >= 11 is 0. The highest BCUT2D eigenvalue weighted by Gasteiger charge is 2.30. The molecular formula is C6H8O4S2. The molecule has 68 valence electrons. The molecule has 1 aliphatic heterocycles. The molecule has 1 heterocycles. The van der Waals surface area contributed by atoms with E-state index in [1.807, 2.05) is 0 Å². The normalized spacial score (nSPS) is 29.7. The Morgan fingerprint density at radius 1 is 1.00 bits per heavy atom. The van der Waals surface area contributed by atoms with E-state index in [-0.39, 0.29) is 0 Å². The van der Waals surface area contributed by atoms with E-state index in [0.29, 0.717) is 12.8 Å². The summed E-state index contributed by atoms with van der Waals surface area (Å²) in [7, 11) is 2.29. The van der Waals surface area contributed by atoms with E-state index >= 15 is 0 Å². The second-order valence-electron chi connectivity index (χ2n) is 2.42. The molecule has 1 saturated heterocycles. The lowest BCUT2D eigenvalue weighted by Gasteiger charge is -2.21. The Morgan fingerprint density at radius 3 is 1.50 bits per heavy atom. The van der Waals surface area contributed by atoms with Crippen molar-refractivity contribution in [3.8, 4) is 0 Å². The maximum absolute atomic E-state index is 10.4. The average molecular weight is 208 g/mol. The quantitative estimate of drug-likeness (QED) is 0.661. The molecule has 2 atom stereocenters. The van der Waals surface area contributed by atoms with Crippen LogP contribution in [-0.4, -0.2) is 32.7 Å². The van der Waals surface area contributed by atoms with Crippen LogP contribution in [0.15, 0.2) is 0 Å². The molecule has 4 nitrogen and oxygen atoms in total. The van der Waals surface area contributed by atoms with Crippen molar-refractivity contribution >= 4 is 33.5 Å². The number of hydrogen-bond donors (Lipinski definition) is 2. The van der Waals surface area contributed by atoms with Crippen molar-refractivity contribution in [2.75, 3.05) is 0 Å². The smallest absolute Gasteiger partial charge is 0.317 e. The van der Waals surface area contributed by atoms with Crippen molar-refractivity contribution in [1.29, 1.82) is 0 Å². The minimum Gasteiger partial charge on any atom is -0.480 e. The van der Waals surface area contributed by atoms with E-state index in [4.69, 9.17) is 10.2 Å². The first-order chi connectivity index (χ1) is 5.61. The van der Waals surface area contributed by atoms with Crippen LogP contribution in [-0.2, 0) is 9.59 Å². The van der Waals surface area contributed by atoms with Gasteiger partial charge in [-0.05, 0) is 12.8 Å². The van der Waals surface area contributed by atoms with Crippen LogP contribution in [0.1, 0.15) is 12.8 Å².